The minimum atomic E-state index is -4.33. The van der Waals surface area contributed by atoms with Crippen LogP contribution in [0.4, 0.5) is 0 Å². The SMILES string of the molecule is CC/C=C\C/C=C\C/C=C\C/C=C\CCCCCCCCCCCCCCCCCCCCCCCCCCCCC(=O)NC(COP(=O)(O)OCC[N+](C)(C)C)C(O)CCCCCCCCCCCCCCCCCCCCCCCCCC. The molecule has 502 valence electrons. The molecule has 0 spiro atoms. The van der Waals surface area contributed by atoms with Gasteiger partial charge in [0.25, 0.3) is 0 Å². The number of aliphatic hydroxyl groups excluding tert-OH is 1. The molecule has 0 aliphatic heterocycles. The first-order valence-corrected chi connectivity index (χ1v) is 39.0. The van der Waals surface area contributed by atoms with Crippen molar-refractivity contribution in [3.05, 3.63) is 48.6 Å². The zero-order valence-corrected chi connectivity index (χ0v) is 58.5. The number of carbonyl (C=O) groups is 1. The largest absolute Gasteiger partial charge is 0.472 e. The number of phosphoric ester groups is 1. The fourth-order valence-corrected chi connectivity index (χ4v) is 12.3. The second-order valence-corrected chi connectivity index (χ2v) is 28.5. The van der Waals surface area contributed by atoms with E-state index in [-0.39, 0.29) is 19.1 Å². The van der Waals surface area contributed by atoms with E-state index >= 15 is 0 Å². The number of allylic oxidation sites excluding steroid dienone is 8. The highest BCUT2D eigenvalue weighted by Crippen LogP contribution is 2.43. The number of likely N-dealkylation sites (N-methyl/N-ethyl adjacent to an activating group) is 1. The first kappa shape index (κ1) is 83.5. The highest BCUT2D eigenvalue weighted by atomic mass is 31.2. The van der Waals surface area contributed by atoms with Gasteiger partial charge in [0, 0.05) is 6.42 Å². The van der Waals surface area contributed by atoms with E-state index in [1.165, 1.54) is 289 Å². The van der Waals surface area contributed by atoms with Crippen LogP contribution in [0.25, 0.3) is 0 Å². The number of rotatable bonds is 70. The molecule has 9 heteroatoms. The molecule has 3 N–H and O–H groups in total. The molecule has 0 aromatic carbocycles. The lowest BCUT2D eigenvalue weighted by Crippen LogP contribution is -2.46. The molecule has 0 rings (SSSR count). The first-order valence-electron chi connectivity index (χ1n) is 37.5. The van der Waals surface area contributed by atoms with Gasteiger partial charge in [-0.15, -0.1) is 0 Å². The van der Waals surface area contributed by atoms with Crippen molar-refractivity contribution >= 4 is 13.7 Å². The Hall–Kier alpha value is -1.54. The number of phosphoric acid groups is 1. The van der Waals surface area contributed by atoms with E-state index in [0.29, 0.717) is 23.9 Å². The number of amides is 1. The Bertz CT molecular complexity index is 1530. The summed E-state index contributed by atoms with van der Waals surface area (Å²) in [5.74, 6) is -0.135. The van der Waals surface area contributed by atoms with E-state index in [2.05, 4.69) is 67.8 Å². The van der Waals surface area contributed by atoms with Crippen molar-refractivity contribution in [2.24, 2.45) is 0 Å². The van der Waals surface area contributed by atoms with E-state index in [9.17, 15) is 19.4 Å². The molecular formula is C76H148N2O6P+. The molecule has 0 heterocycles. The van der Waals surface area contributed by atoms with Crippen LogP contribution in [0.3, 0.4) is 0 Å². The van der Waals surface area contributed by atoms with Gasteiger partial charge in [0.05, 0.1) is 39.9 Å². The molecule has 1 amide bonds. The highest BCUT2D eigenvalue weighted by Gasteiger charge is 2.28. The van der Waals surface area contributed by atoms with E-state index < -0.39 is 20.0 Å². The predicted molar refractivity (Wildman–Crippen MR) is 374 cm³/mol. The molecule has 0 fully saturated rings. The third-order valence-electron chi connectivity index (χ3n) is 17.3. The Morgan fingerprint density at radius 3 is 1.04 bits per heavy atom. The van der Waals surface area contributed by atoms with Gasteiger partial charge in [-0.05, 0) is 51.4 Å². The molecule has 0 radical (unpaired) electrons. The van der Waals surface area contributed by atoms with Crippen LogP contribution in [-0.4, -0.2) is 73.4 Å². The Balaban J connectivity index is 3.90. The summed E-state index contributed by atoms with van der Waals surface area (Å²) in [7, 11) is 1.64. The van der Waals surface area contributed by atoms with Crippen molar-refractivity contribution in [1.82, 2.24) is 5.32 Å². The zero-order chi connectivity index (χ0) is 61.9. The number of carbonyl (C=O) groups excluding carboxylic acids is 1. The molecule has 3 unspecified atom stereocenters. The lowest BCUT2D eigenvalue weighted by molar-refractivity contribution is -0.870. The summed E-state index contributed by atoms with van der Waals surface area (Å²) >= 11 is 0. The summed E-state index contributed by atoms with van der Waals surface area (Å²) in [6, 6.07) is -0.760. The monoisotopic (exact) mass is 1220 g/mol. The number of aliphatic hydroxyl groups is 1. The molecule has 0 bridgehead atoms. The Kier molecular flexibility index (Phi) is 65.7. The average molecular weight is 1220 g/mol. The summed E-state index contributed by atoms with van der Waals surface area (Å²) in [5.41, 5.74) is 0. The molecule has 0 saturated carbocycles. The topological polar surface area (TPSA) is 105 Å². The molecule has 0 aromatic rings. The third-order valence-corrected chi connectivity index (χ3v) is 18.3. The zero-order valence-electron chi connectivity index (χ0n) is 57.6. The Morgan fingerprint density at radius 2 is 0.706 bits per heavy atom. The van der Waals surface area contributed by atoms with E-state index in [1.54, 1.807) is 0 Å². The fraction of sp³-hybridized carbons (Fsp3) is 0.882. The maximum atomic E-state index is 13.1. The highest BCUT2D eigenvalue weighted by molar-refractivity contribution is 7.47. The molecule has 0 aliphatic carbocycles. The first-order chi connectivity index (χ1) is 41.5. The summed E-state index contributed by atoms with van der Waals surface area (Å²) in [6.07, 6.45) is 91.0. The summed E-state index contributed by atoms with van der Waals surface area (Å²) in [4.78, 5) is 23.5. The number of nitrogens with zero attached hydrogens (tertiary/aromatic N) is 1. The van der Waals surface area contributed by atoms with Gasteiger partial charge in [-0.1, -0.05) is 371 Å². The van der Waals surface area contributed by atoms with Crippen LogP contribution < -0.4 is 5.32 Å². The van der Waals surface area contributed by atoms with Gasteiger partial charge < -0.3 is 19.8 Å². The maximum Gasteiger partial charge on any atom is 0.472 e. The molecule has 0 aromatic heterocycles. The third kappa shape index (κ3) is 69.8. The molecule has 0 aliphatic rings. The van der Waals surface area contributed by atoms with E-state index in [1.807, 2.05) is 21.1 Å². The number of unbranched alkanes of at least 4 members (excludes halogenated alkanes) is 49. The smallest absolute Gasteiger partial charge is 0.391 e. The minimum absolute atomic E-state index is 0.0772. The number of quaternary nitrogens is 1. The maximum absolute atomic E-state index is 13.1. The van der Waals surface area contributed by atoms with Crippen molar-refractivity contribution in [2.75, 3.05) is 40.9 Å². The quantitative estimate of drug-likeness (QED) is 0.0243. The van der Waals surface area contributed by atoms with Crippen LogP contribution in [0.1, 0.15) is 380 Å². The van der Waals surface area contributed by atoms with Crippen LogP contribution in [0.2, 0.25) is 0 Å². The second kappa shape index (κ2) is 66.9. The lowest BCUT2D eigenvalue weighted by Gasteiger charge is -2.26. The minimum Gasteiger partial charge on any atom is -0.391 e. The molecular weight excluding hydrogens is 1070 g/mol. The van der Waals surface area contributed by atoms with Crippen LogP contribution in [-0.2, 0) is 18.4 Å². The van der Waals surface area contributed by atoms with Crippen molar-refractivity contribution in [2.45, 2.75) is 392 Å². The van der Waals surface area contributed by atoms with Gasteiger partial charge in [-0.2, -0.15) is 0 Å². The van der Waals surface area contributed by atoms with E-state index in [4.69, 9.17) is 9.05 Å². The second-order valence-electron chi connectivity index (χ2n) is 27.0. The Morgan fingerprint density at radius 1 is 0.412 bits per heavy atom. The predicted octanol–water partition coefficient (Wildman–Crippen LogP) is 24.2. The van der Waals surface area contributed by atoms with Crippen LogP contribution in [0, 0.1) is 0 Å². The van der Waals surface area contributed by atoms with Gasteiger partial charge >= 0.3 is 7.82 Å². The van der Waals surface area contributed by atoms with Crippen molar-refractivity contribution < 1.29 is 32.9 Å². The normalized spacial score (nSPS) is 13.8. The summed E-state index contributed by atoms with van der Waals surface area (Å²) < 4.78 is 23.9. The van der Waals surface area contributed by atoms with Crippen molar-refractivity contribution in [1.29, 1.82) is 0 Å². The average Bonchev–Trinajstić information content (AvgIpc) is 3.49. The van der Waals surface area contributed by atoms with Gasteiger partial charge in [-0.3, -0.25) is 13.8 Å². The van der Waals surface area contributed by atoms with E-state index in [0.717, 1.165) is 64.2 Å². The van der Waals surface area contributed by atoms with Gasteiger partial charge in [0.2, 0.25) is 5.91 Å². The van der Waals surface area contributed by atoms with Gasteiger partial charge in [0.15, 0.2) is 0 Å². The lowest BCUT2D eigenvalue weighted by atomic mass is 10.0. The van der Waals surface area contributed by atoms with Gasteiger partial charge in [-0.25, -0.2) is 4.57 Å². The number of hydrogen-bond donors (Lipinski definition) is 3. The molecule has 85 heavy (non-hydrogen) atoms. The number of nitrogens with one attached hydrogen (secondary N) is 1. The molecule has 8 nitrogen and oxygen atoms in total. The number of hydrogen-bond acceptors (Lipinski definition) is 5. The van der Waals surface area contributed by atoms with Crippen LogP contribution in [0.15, 0.2) is 48.6 Å². The van der Waals surface area contributed by atoms with Crippen molar-refractivity contribution in [3.63, 3.8) is 0 Å². The Labute approximate surface area is 530 Å². The summed E-state index contributed by atoms with van der Waals surface area (Å²) in [6.45, 7) is 4.84. The summed E-state index contributed by atoms with van der Waals surface area (Å²) in [5, 5.41) is 14.2. The molecule has 3 atom stereocenters. The van der Waals surface area contributed by atoms with Crippen LogP contribution >= 0.6 is 7.82 Å². The standard InChI is InChI=1S/C76H147N2O6P/c1-6-8-10-12-14-16-18-20-22-24-26-28-30-32-33-34-35-36-37-38-39-40-41-42-43-44-45-46-48-50-52-54-56-58-60-62-64-66-68-70-76(80)77-74(73-84-85(81,82)83-72-71-78(3,4)5)75(79)69-67-65-63-61-59-57-55-53-51-49-47-31-29-27-25-23-21-19-17-15-13-11-9-7-2/h8,10,14,16,20,22,26,28,74-75,79H,6-7,9,11-13,15,17-19,21,23-25,27,29-73H2,1-5H3,(H-,77,80,81,82)/p+1/b10-8-,16-14-,22-20-,28-26-. The van der Waals surface area contributed by atoms with Gasteiger partial charge in [0.1, 0.15) is 13.2 Å². The van der Waals surface area contributed by atoms with Crippen molar-refractivity contribution in [3.8, 4) is 0 Å². The molecule has 0 saturated heterocycles. The fourth-order valence-electron chi connectivity index (χ4n) is 11.6. The van der Waals surface area contributed by atoms with Crippen LogP contribution in [0.5, 0.6) is 0 Å².